The lowest BCUT2D eigenvalue weighted by molar-refractivity contribution is -0.221. The SMILES string of the molecule is Nc1nnc(-c2cccc(Cl)c2Cl)c(NC2O[C@H](C(=O)O)[C@@H](O)[C@H](O)[C@H]2O)n1. The number of nitrogens with zero attached hydrogens (tertiary/aromatic N) is 3. The van der Waals surface area contributed by atoms with Crippen molar-refractivity contribution in [3.8, 4) is 11.3 Å². The van der Waals surface area contributed by atoms with E-state index in [0.29, 0.717) is 5.56 Å². The summed E-state index contributed by atoms with van der Waals surface area (Å²) in [5, 5.41) is 49.6. The number of anilines is 2. The molecule has 1 saturated heterocycles. The van der Waals surface area contributed by atoms with Crippen LogP contribution >= 0.6 is 23.2 Å². The number of hydrogen-bond acceptors (Lipinski definition) is 10. The number of ether oxygens (including phenoxy) is 1. The molecule has 7 N–H and O–H groups in total. The van der Waals surface area contributed by atoms with Gasteiger partial charge in [-0.15, -0.1) is 10.2 Å². The molecule has 0 spiro atoms. The first-order chi connectivity index (χ1) is 13.2. The third-order valence-electron chi connectivity index (χ3n) is 4.05. The van der Waals surface area contributed by atoms with Crippen LogP contribution in [0.1, 0.15) is 0 Å². The Balaban J connectivity index is 1.99. The minimum atomic E-state index is -1.83. The summed E-state index contributed by atoms with van der Waals surface area (Å²) in [6, 6.07) is 4.75. The van der Waals surface area contributed by atoms with Crippen LogP contribution in [-0.2, 0) is 9.53 Å². The zero-order chi connectivity index (χ0) is 20.6. The lowest BCUT2D eigenvalue weighted by Gasteiger charge is -2.39. The number of nitrogens with two attached hydrogens (primary N) is 1. The van der Waals surface area contributed by atoms with Gasteiger partial charge in [-0.3, -0.25) is 0 Å². The van der Waals surface area contributed by atoms with Crippen molar-refractivity contribution in [2.75, 3.05) is 11.1 Å². The van der Waals surface area contributed by atoms with Gasteiger partial charge in [-0.2, -0.15) is 4.98 Å². The highest BCUT2D eigenvalue weighted by Gasteiger charge is 2.47. The Morgan fingerprint density at radius 2 is 1.86 bits per heavy atom. The molecule has 1 aliphatic heterocycles. The Hall–Kier alpha value is -2.28. The fourth-order valence-corrected chi connectivity index (χ4v) is 3.03. The molecule has 11 nitrogen and oxygen atoms in total. The van der Waals surface area contributed by atoms with E-state index in [1.807, 2.05) is 0 Å². The Labute approximate surface area is 167 Å². The van der Waals surface area contributed by atoms with Crippen LogP contribution in [0.4, 0.5) is 11.8 Å². The van der Waals surface area contributed by atoms with Crippen molar-refractivity contribution in [2.45, 2.75) is 30.6 Å². The van der Waals surface area contributed by atoms with E-state index in [9.17, 15) is 20.1 Å². The number of nitrogen functional groups attached to an aromatic ring is 1. The summed E-state index contributed by atoms with van der Waals surface area (Å²) in [4.78, 5) is 15.2. The van der Waals surface area contributed by atoms with E-state index >= 15 is 0 Å². The molecule has 0 saturated carbocycles. The summed E-state index contributed by atoms with van der Waals surface area (Å²) in [7, 11) is 0. The molecule has 5 atom stereocenters. The number of aliphatic hydroxyl groups excluding tert-OH is 3. The highest BCUT2D eigenvalue weighted by atomic mass is 35.5. The number of benzene rings is 1. The van der Waals surface area contributed by atoms with E-state index in [2.05, 4.69) is 20.5 Å². The normalized spacial score (nSPS) is 27.4. The minimum Gasteiger partial charge on any atom is -0.479 e. The molecule has 1 aromatic carbocycles. The first-order valence-electron chi connectivity index (χ1n) is 7.84. The second-order valence-corrected chi connectivity index (χ2v) is 6.69. The molecule has 0 radical (unpaired) electrons. The maximum absolute atomic E-state index is 11.2. The van der Waals surface area contributed by atoms with Crippen molar-refractivity contribution in [3.05, 3.63) is 28.2 Å². The number of halogens is 2. The van der Waals surface area contributed by atoms with Crippen LogP contribution in [0.3, 0.4) is 0 Å². The monoisotopic (exact) mass is 431 g/mol. The number of aliphatic hydroxyl groups is 3. The lowest BCUT2D eigenvalue weighted by atomic mass is 9.98. The molecule has 2 heterocycles. The third kappa shape index (κ3) is 3.81. The van der Waals surface area contributed by atoms with Gasteiger partial charge in [0, 0.05) is 5.56 Å². The molecule has 1 unspecified atom stereocenters. The lowest BCUT2D eigenvalue weighted by Crippen LogP contribution is -2.61. The van der Waals surface area contributed by atoms with Crippen LogP contribution in [0.2, 0.25) is 10.0 Å². The molecule has 3 rings (SSSR count). The first-order valence-corrected chi connectivity index (χ1v) is 8.60. The predicted octanol–water partition coefficient (Wildman–Crippen LogP) is -0.268. The molecule has 150 valence electrons. The number of nitrogens with one attached hydrogen (secondary N) is 1. The number of carbonyl (C=O) groups is 1. The summed E-state index contributed by atoms with van der Waals surface area (Å²) >= 11 is 12.2. The standard InChI is InChI=1S/C15H15Cl2N5O6/c16-5-3-1-2-4(6(5)17)7-12(20-15(18)22-21-7)19-13-10(25)8(23)9(24)11(28-13)14(26)27/h1-3,8-11,13,23-25H,(H,26,27)(H3,18,19,20,22)/t8-,9-,10+,11-,13?/m0/s1. The van der Waals surface area contributed by atoms with Crippen LogP contribution in [-0.4, -0.2) is 72.2 Å². The Kier molecular flexibility index (Phi) is 5.84. The van der Waals surface area contributed by atoms with E-state index in [4.69, 9.17) is 38.8 Å². The van der Waals surface area contributed by atoms with Crippen LogP contribution in [0.15, 0.2) is 18.2 Å². The molecule has 28 heavy (non-hydrogen) atoms. The smallest absolute Gasteiger partial charge is 0.335 e. The van der Waals surface area contributed by atoms with E-state index in [1.165, 1.54) is 0 Å². The minimum absolute atomic E-state index is 0.0616. The van der Waals surface area contributed by atoms with Crippen molar-refractivity contribution >= 4 is 40.9 Å². The largest absolute Gasteiger partial charge is 0.479 e. The van der Waals surface area contributed by atoms with Crippen molar-refractivity contribution in [3.63, 3.8) is 0 Å². The van der Waals surface area contributed by atoms with Gasteiger partial charge < -0.3 is 36.2 Å². The van der Waals surface area contributed by atoms with Gasteiger partial charge >= 0.3 is 5.97 Å². The maximum Gasteiger partial charge on any atom is 0.335 e. The molecule has 2 aromatic rings. The van der Waals surface area contributed by atoms with Crippen LogP contribution in [0, 0.1) is 0 Å². The molecule has 0 aliphatic carbocycles. The zero-order valence-corrected chi connectivity index (χ0v) is 15.4. The van der Waals surface area contributed by atoms with E-state index < -0.39 is 36.6 Å². The van der Waals surface area contributed by atoms with Crippen molar-refractivity contribution in [1.82, 2.24) is 15.2 Å². The van der Waals surface area contributed by atoms with E-state index in [1.54, 1.807) is 18.2 Å². The number of carboxylic acid groups (broad SMARTS) is 1. The first kappa shape index (κ1) is 20.5. The highest BCUT2D eigenvalue weighted by molar-refractivity contribution is 6.43. The molecule has 0 bridgehead atoms. The summed E-state index contributed by atoms with van der Waals surface area (Å²) in [6.45, 7) is 0. The molecule has 0 amide bonds. The molecular weight excluding hydrogens is 417 g/mol. The summed E-state index contributed by atoms with van der Waals surface area (Å²) in [5.41, 5.74) is 5.99. The van der Waals surface area contributed by atoms with Gasteiger partial charge in [0.2, 0.25) is 5.95 Å². The molecule has 13 heteroatoms. The number of carboxylic acids is 1. The quantitative estimate of drug-likeness (QED) is 0.374. The van der Waals surface area contributed by atoms with Crippen LogP contribution in [0.25, 0.3) is 11.3 Å². The molecular formula is C15H15Cl2N5O6. The summed E-state index contributed by atoms with van der Waals surface area (Å²) < 4.78 is 5.17. The second-order valence-electron chi connectivity index (χ2n) is 5.90. The Morgan fingerprint density at radius 1 is 1.14 bits per heavy atom. The third-order valence-corrected chi connectivity index (χ3v) is 4.86. The molecule has 1 aromatic heterocycles. The topological polar surface area (TPSA) is 184 Å². The fraction of sp³-hybridized carbons (Fsp3) is 0.333. The average Bonchev–Trinajstić information content (AvgIpc) is 2.64. The number of hydrogen-bond donors (Lipinski definition) is 6. The van der Waals surface area contributed by atoms with E-state index in [-0.39, 0.29) is 27.5 Å². The van der Waals surface area contributed by atoms with Gasteiger partial charge in [0.25, 0.3) is 0 Å². The highest BCUT2D eigenvalue weighted by Crippen LogP contribution is 2.36. The summed E-state index contributed by atoms with van der Waals surface area (Å²) in [5.74, 6) is -1.82. The van der Waals surface area contributed by atoms with Gasteiger partial charge in [0.1, 0.15) is 24.0 Å². The number of rotatable bonds is 4. The van der Waals surface area contributed by atoms with Crippen molar-refractivity contribution in [1.29, 1.82) is 0 Å². The van der Waals surface area contributed by atoms with Crippen LogP contribution < -0.4 is 11.1 Å². The Bertz CT molecular complexity index is 903. The number of aliphatic carboxylic acids is 1. The molecule has 1 aliphatic rings. The second kappa shape index (κ2) is 7.99. The summed E-state index contributed by atoms with van der Waals surface area (Å²) in [6.07, 6.45) is -8.57. The van der Waals surface area contributed by atoms with Crippen molar-refractivity contribution in [2.24, 2.45) is 0 Å². The zero-order valence-electron chi connectivity index (χ0n) is 13.9. The van der Waals surface area contributed by atoms with Crippen molar-refractivity contribution < 1.29 is 30.0 Å². The number of aromatic nitrogens is 3. The maximum atomic E-state index is 11.2. The fourth-order valence-electron chi connectivity index (χ4n) is 2.64. The average molecular weight is 432 g/mol. The van der Waals surface area contributed by atoms with Gasteiger partial charge in [-0.25, -0.2) is 4.79 Å². The molecule has 1 fully saturated rings. The van der Waals surface area contributed by atoms with E-state index in [0.717, 1.165) is 0 Å². The van der Waals surface area contributed by atoms with Gasteiger partial charge in [0.05, 0.1) is 10.0 Å². The van der Waals surface area contributed by atoms with Crippen LogP contribution in [0.5, 0.6) is 0 Å². The Morgan fingerprint density at radius 3 is 2.54 bits per heavy atom. The van der Waals surface area contributed by atoms with Gasteiger partial charge in [0.15, 0.2) is 18.1 Å². The van der Waals surface area contributed by atoms with Gasteiger partial charge in [-0.05, 0) is 6.07 Å². The van der Waals surface area contributed by atoms with Gasteiger partial charge in [-0.1, -0.05) is 35.3 Å². The predicted molar refractivity (Wildman–Crippen MR) is 97.6 cm³/mol.